The Morgan fingerprint density at radius 3 is 2.71 bits per heavy atom. The minimum atomic E-state index is -0.132. The molecule has 0 spiro atoms. The van der Waals surface area contributed by atoms with Crippen LogP contribution in [0.3, 0.4) is 0 Å². The van der Waals surface area contributed by atoms with Crippen molar-refractivity contribution in [3.05, 3.63) is 53.5 Å². The largest absolute Gasteiger partial charge is 0.493 e. The number of hydrogen-bond donors (Lipinski definition) is 2. The van der Waals surface area contributed by atoms with Gasteiger partial charge in [-0.2, -0.15) is 0 Å². The second-order valence-corrected chi connectivity index (χ2v) is 6.31. The van der Waals surface area contributed by atoms with E-state index in [1.165, 1.54) is 0 Å². The van der Waals surface area contributed by atoms with Crippen LogP contribution < -0.4 is 20.1 Å². The number of aliphatic imine (C=N–C) groups is 1. The SMILES string of the molecule is CNc1ccc(C(=O)C=C2Nc3cc(OC)c(OC)cc3C3=NCCN23)cn1. The monoisotopic (exact) mass is 379 g/mol. The summed E-state index contributed by atoms with van der Waals surface area (Å²) in [6.45, 7) is 1.36. The van der Waals surface area contributed by atoms with Crippen molar-refractivity contribution >= 4 is 23.1 Å². The molecule has 2 aliphatic rings. The molecule has 1 aromatic heterocycles. The molecular weight excluding hydrogens is 358 g/mol. The fourth-order valence-electron chi connectivity index (χ4n) is 3.29. The van der Waals surface area contributed by atoms with E-state index in [9.17, 15) is 4.79 Å². The predicted molar refractivity (Wildman–Crippen MR) is 107 cm³/mol. The van der Waals surface area contributed by atoms with Gasteiger partial charge in [-0.1, -0.05) is 0 Å². The van der Waals surface area contributed by atoms with Crippen LogP contribution in [0.25, 0.3) is 0 Å². The van der Waals surface area contributed by atoms with Crippen molar-refractivity contribution in [3.63, 3.8) is 0 Å². The van der Waals surface area contributed by atoms with E-state index < -0.39 is 0 Å². The van der Waals surface area contributed by atoms with E-state index in [1.807, 2.05) is 17.0 Å². The average Bonchev–Trinajstić information content (AvgIpc) is 3.23. The molecule has 0 unspecified atom stereocenters. The number of ketones is 1. The summed E-state index contributed by atoms with van der Waals surface area (Å²) >= 11 is 0. The third kappa shape index (κ3) is 3.02. The Hall–Kier alpha value is -3.55. The van der Waals surface area contributed by atoms with Gasteiger partial charge in [-0.25, -0.2) is 4.98 Å². The number of amidine groups is 1. The number of carbonyl (C=O) groups is 1. The number of hydrogen-bond acceptors (Lipinski definition) is 8. The number of benzene rings is 1. The summed E-state index contributed by atoms with van der Waals surface area (Å²) in [5, 5.41) is 6.27. The molecule has 2 N–H and O–H groups in total. The lowest BCUT2D eigenvalue weighted by atomic mass is 10.1. The van der Waals surface area contributed by atoms with Gasteiger partial charge >= 0.3 is 0 Å². The molecule has 0 aliphatic carbocycles. The molecule has 8 nitrogen and oxygen atoms in total. The van der Waals surface area contributed by atoms with Crippen LogP contribution in [0.1, 0.15) is 15.9 Å². The summed E-state index contributed by atoms with van der Waals surface area (Å²) in [4.78, 5) is 23.6. The molecule has 1 aromatic carbocycles. The zero-order valence-corrected chi connectivity index (χ0v) is 15.9. The van der Waals surface area contributed by atoms with E-state index in [1.54, 1.807) is 45.7 Å². The number of methoxy groups -OCH3 is 2. The van der Waals surface area contributed by atoms with Gasteiger partial charge in [0.25, 0.3) is 0 Å². The molecule has 28 heavy (non-hydrogen) atoms. The zero-order chi connectivity index (χ0) is 19.7. The number of aromatic nitrogens is 1. The second-order valence-electron chi connectivity index (χ2n) is 6.31. The molecular formula is C20H21N5O3. The molecule has 0 saturated heterocycles. The Labute approximate surface area is 162 Å². The standard InChI is InChI=1S/C20H21N5O3/c1-21-18-5-4-12(11-23-18)15(26)10-19-24-14-9-17(28-3)16(27-2)8-13(14)20-22-6-7-25(19)20/h4-5,8-11,24H,6-7H2,1-3H3,(H,21,23). The van der Waals surface area contributed by atoms with Crippen molar-refractivity contribution in [2.45, 2.75) is 0 Å². The number of pyridine rings is 1. The van der Waals surface area contributed by atoms with E-state index in [2.05, 4.69) is 20.6 Å². The van der Waals surface area contributed by atoms with Crippen molar-refractivity contribution in [3.8, 4) is 11.5 Å². The third-order valence-corrected chi connectivity index (χ3v) is 4.73. The number of carbonyl (C=O) groups excluding carboxylic acids is 1. The van der Waals surface area contributed by atoms with Gasteiger partial charge in [0.1, 0.15) is 17.5 Å². The molecule has 2 aromatic rings. The number of fused-ring (bicyclic) bond motifs is 3. The summed E-state index contributed by atoms with van der Waals surface area (Å²) in [5.41, 5.74) is 2.25. The lowest BCUT2D eigenvalue weighted by molar-refractivity contribution is 0.104. The highest BCUT2D eigenvalue weighted by Gasteiger charge is 2.31. The van der Waals surface area contributed by atoms with Crippen LogP contribution in [0.2, 0.25) is 0 Å². The highest BCUT2D eigenvalue weighted by Crippen LogP contribution is 2.38. The normalized spacial score (nSPS) is 16.0. The Morgan fingerprint density at radius 2 is 2.04 bits per heavy atom. The first-order chi connectivity index (χ1) is 13.6. The lowest BCUT2D eigenvalue weighted by Crippen LogP contribution is -2.36. The summed E-state index contributed by atoms with van der Waals surface area (Å²) in [6, 6.07) is 7.28. The molecule has 0 bridgehead atoms. The molecule has 3 heterocycles. The van der Waals surface area contributed by atoms with E-state index in [-0.39, 0.29) is 5.78 Å². The van der Waals surface area contributed by atoms with Crippen molar-refractivity contribution in [1.29, 1.82) is 0 Å². The summed E-state index contributed by atoms with van der Waals surface area (Å²) in [5.74, 6) is 3.32. The summed E-state index contributed by atoms with van der Waals surface area (Å²) in [6.07, 6.45) is 3.14. The van der Waals surface area contributed by atoms with Crippen LogP contribution in [-0.4, -0.2) is 55.9 Å². The van der Waals surface area contributed by atoms with Crippen molar-refractivity contribution < 1.29 is 14.3 Å². The Bertz CT molecular complexity index is 982. The first-order valence-corrected chi connectivity index (χ1v) is 8.90. The Kier molecular flexibility index (Phi) is 4.60. The van der Waals surface area contributed by atoms with Gasteiger partial charge in [-0.3, -0.25) is 9.79 Å². The second kappa shape index (κ2) is 7.22. The topological polar surface area (TPSA) is 88.1 Å². The highest BCUT2D eigenvalue weighted by atomic mass is 16.5. The third-order valence-electron chi connectivity index (χ3n) is 4.73. The lowest BCUT2D eigenvalue weighted by Gasteiger charge is -2.31. The maximum atomic E-state index is 12.7. The van der Waals surface area contributed by atoms with E-state index in [0.717, 1.165) is 17.1 Å². The molecule has 8 heteroatoms. The van der Waals surface area contributed by atoms with Gasteiger partial charge in [-0.15, -0.1) is 0 Å². The van der Waals surface area contributed by atoms with Crippen LogP contribution in [0.5, 0.6) is 11.5 Å². The quantitative estimate of drug-likeness (QED) is 0.609. The van der Waals surface area contributed by atoms with Gasteiger partial charge in [0.2, 0.25) is 0 Å². The minimum absolute atomic E-state index is 0.132. The van der Waals surface area contributed by atoms with Crippen molar-refractivity contribution in [2.75, 3.05) is 45.0 Å². The van der Waals surface area contributed by atoms with Gasteiger partial charge in [0.05, 0.1) is 26.5 Å². The average molecular weight is 379 g/mol. The molecule has 0 amide bonds. The molecule has 144 valence electrons. The van der Waals surface area contributed by atoms with Crippen LogP contribution in [0.15, 0.2) is 47.4 Å². The Balaban J connectivity index is 1.71. The maximum absolute atomic E-state index is 12.7. The van der Waals surface area contributed by atoms with Gasteiger partial charge in [-0.05, 0) is 18.2 Å². The number of ether oxygens (including phenoxy) is 2. The van der Waals surface area contributed by atoms with Crippen LogP contribution in [0, 0.1) is 0 Å². The zero-order valence-electron chi connectivity index (χ0n) is 15.9. The molecule has 0 saturated carbocycles. The van der Waals surface area contributed by atoms with Crippen LogP contribution >= 0.6 is 0 Å². The molecule has 0 atom stereocenters. The van der Waals surface area contributed by atoms with Crippen molar-refractivity contribution in [1.82, 2.24) is 9.88 Å². The summed E-state index contributed by atoms with van der Waals surface area (Å²) in [7, 11) is 4.98. The number of nitrogens with one attached hydrogen (secondary N) is 2. The summed E-state index contributed by atoms with van der Waals surface area (Å²) < 4.78 is 10.8. The molecule has 0 fully saturated rings. The van der Waals surface area contributed by atoms with E-state index in [4.69, 9.17) is 9.47 Å². The van der Waals surface area contributed by atoms with Gasteiger partial charge < -0.3 is 25.0 Å². The van der Waals surface area contributed by atoms with E-state index >= 15 is 0 Å². The predicted octanol–water partition coefficient (Wildman–Crippen LogP) is 2.35. The minimum Gasteiger partial charge on any atom is -0.493 e. The smallest absolute Gasteiger partial charge is 0.191 e. The van der Waals surface area contributed by atoms with Crippen molar-refractivity contribution in [2.24, 2.45) is 4.99 Å². The molecule has 4 rings (SSSR count). The first kappa shape index (κ1) is 17.8. The Morgan fingerprint density at radius 1 is 1.25 bits per heavy atom. The van der Waals surface area contributed by atoms with Crippen LogP contribution in [0.4, 0.5) is 11.5 Å². The van der Waals surface area contributed by atoms with Gasteiger partial charge in [0, 0.05) is 43.1 Å². The first-order valence-electron chi connectivity index (χ1n) is 8.90. The maximum Gasteiger partial charge on any atom is 0.191 e. The highest BCUT2D eigenvalue weighted by molar-refractivity contribution is 6.10. The van der Waals surface area contributed by atoms with Crippen LogP contribution in [-0.2, 0) is 0 Å². The number of anilines is 2. The number of rotatable bonds is 5. The fraction of sp³-hybridized carbons (Fsp3) is 0.250. The van der Waals surface area contributed by atoms with E-state index in [0.29, 0.717) is 41.8 Å². The fourth-order valence-corrected chi connectivity index (χ4v) is 3.29. The van der Waals surface area contributed by atoms with Gasteiger partial charge in [0.15, 0.2) is 17.3 Å². The molecule has 2 aliphatic heterocycles. The molecule has 0 radical (unpaired) electrons. The number of nitrogens with zero attached hydrogens (tertiary/aromatic N) is 3. The number of allylic oxidation sites excluding steroid dienone is 1.